The van der Waals surface area contributed by atoms with Crippen molar-refractivity contribution >= 4 is 32.6 Å². The molecule has 4 aromatic rings. The summed E-state index contributed by atoms with van der Waals surface area (Å²) in [4.78, 5) is 29.5. The molecule has 1 amide bonds. The summed E-state index contributed by atoms with van der Waals surface area (Å²) in [6.07, 6.45) is 1.58. The number of aryl methyl sites for hydroxylation is 1. The molecule has 6 nitrogen and oxygen atoms in total. The Morgan fingerprint density at radius 1 is 1.17 bits per heavy atom. The SMILES string of the molecule is CCOc1ccc2nc(NC(=O)c3ccc(=O)n(Cc4cccc(C)c4)c3)sc2c1. The van der Waals surface area contributed by atoms with Crippen LogP contribution in [0.25, 0.3) is 10.2 Å². The average Bonchev–Trinajstić information content (AvgIpc) is 3.11. The van der Waals surface area contributed by atoms with Crippen LogP contribution in [0.3, 0.4) is 0 Å². The number of carbonyl (C=O) groups excluding carboxylic acids is 1. The summed E-state index contributed by atoms with van der Waals surface area (Å²) in [5, 5.41) is 3.33. The van der Waals surface area contributed by atoms with E-state index in [-0.39, 0.29) is 11.5 Å². The molecule has 0 aliphatic carbocycles. The summed E-state index contributed by atoms with van der Waals surface area (Å²) >= 11 is 1.38. The van der Waals surface area contributed by atoms with Gasteiger partial charge in [0.2, 0.25) is 0 Å². The van der Waals surface area contributed by atoms with Crippen LogP contribution in [0.1, 0.15) is 28.4 Å². The zero-order valence-electron chi connectivity index (χ0n) is 16.7. The van der Waals surface area contributed by atoms with Gasteiger partial charge >= 0.3 is 0 Å². The first-order chi connectivity index (χ1) is 14.5. The molecule has 0 unspecified atom stereocenters. The Morgan fingerprint density at radius 2 is 2.03 bits per heavy atom. The van der Waals surface area contributed by atoms with Crippen LogP contribution in [0.5, 0.6) is 5.75 Å². The average molecular weight is 420 g/mol. The first-order valence-electron chi connectivity index (χ1n) is 9.62. The minimum absolute atomic E-state index is 0.156. The number of aromatic nitrogens is 2. The van der Waals surface area contributed by atoms with Crippen LogP contribution < -0.4 is 15.6 Å². The molecule has 30 heavy (non-hydrogen) atoms. The summed E-state index contributed by atoms with van der Waals surface area (Å²) < 4.78 is 7.98. The van der Waals surface area contributed by atoms with E-state index >= 15 is 0 Å². The van der Waals surface area contributed by atoms with E-state index in [0.717, 1.165) is 27.1 Å². The van der Waals surface area contributed by atoms with Crippen LogP contribution in [0.4, 0.5) is 5.13 Å². The van der Waals surface area contributed by atoms with Gasteiger partial charge in [-0.25, -0.2) is 4.98 Å². The van der Waals surface area contributed by atoms with Gasteiger partial charge in [0, 0.05) is 12.3 Å². The third-order valence-corrected chi connectivity index (χ3v) is 5.51. The van der Waals surface area contributed by atoms with Crippen LogP contribution in [0, 0.1) is 6.92 Å². The van der Waals surface area contributed by atoms with Crippen LogP contribution in [-0.2, 0) is 6.54 Å². The summed E-state index contributed by atoms with van der Waals surface area (Å²) in [5.41, 5.74) is 3.17. The van der Waals surface area contributed by atoms with Crippen molar-refractivity contribution in [3.05, 3.63) is 87.8 Å². The lowest BCUT2D eigenvalue weighted by Crippen LogP contribution is -2.22. The highest BCUT2D eigenvalue weighted by molar-refractivity contribution is 7.22. The number of benzene rings is 2. The number of thiazole rings is 1. The molecule has 2 heterocycles. The van der Waals surface area contributed by atoms with Crippen molar-refractivity contribution in [3.63, 3.8) is 0 Å². The van der Waals surface area contributed by atoms with E-state index in [1.165, 1.54) is 28.0 Å². The number of fused-ring (bicyclic) bond motifs is 1. The zero-order valence-corrected chi connectivity index (χ0v) is 17.5. The van der Waals surface area contributed by atoms with Crippen molar-refractivity contribution in [2.45, 2.75) is 20.4 Å². The Labute approximate surface area is 177 Å². The molecule has 0 saturated heterocycles. The van der Waals surface area contributed by atoms with E-state index in [1.807, 2.05) is 56.3 Å². The van der Waals surface area contributed by atoms with Gasteiger partial charge in [-0.15, -0.1) is 0 Å². The second-order valence-corrected chi connectivity index (χ2v) is 7.94. The van der Waals surface area contributed by atoms with E-state index in [9.17, 15) is 9.59 Å². The summed E-state index contributed by atoms with van der Waals surface area (Å²) in [6, 6.07) is 16.5. The van der Waals surface area contributed by atoms with Gasteiger partial charge in [-0.1, -0.05) is 41.2 Å². The van der Waals surface area contributed by atoms with Crippen molar-refractivity contribution in [3.8, 4) is 5.75 Å². The van der Waals surface area contributed by atoms with Gasteiger partial charge in [0.15, 0.2) is 5.13 Å². The quantitative estimate of drug-likeness (QED) is 0.501. The normalized spacial score (nSPS) is 10.9. The van der Waals surface area contributed by atoms with E-state index in [0.29, 0.717) is 23.8 Å². The van der Waals surface area contributed by atoms with Gasteiger partial charge in [-0.2, -0.15) is 0 Å². The number of rotatable bonds is 6. The van der Waals surface area contributed by atoms with Crippen molar-refractivity contribution < 1.29 is 9.53 Å². The maximum absolute atomic E-state index is 12.7. The van der Waals surface area contributed by atoms with E-state index in [1.54, 1.807) is 6.20 Å². The first kappa shape index (κ1) is 19.8. The smallest absolute Gasteiger partial charge is 0.258 e. The number of nitrogens with one attached hydrogen (secondary N) is 1. The lowest BCUT2D eigenvalue weighted by Gasteiger charge is -2.09. The number of ether oxygens (including phenoxy) is 1. The molecule has 0 bridgehead atoms. The van der Waals surface area contributed by atoms with Gasteiger partial charge in [-0.05, 0) is 43.7 Å². The molecular weight excluding hydrogens is 398 g/mol. The molecule has 2 aromatic heterocycles. The molecule has 0 radical (unpaired) electrons. The van der Waals surface area contributed by atoms with Crippen LogP contribution in [0.2, 0.25) is 0 Å². The lowest BCUT2D eigenvalue weighted by atomic mass is 10.1. The van der Waals surface area contributed by atoms with Gasteiger partial charge in [0.25, 0.3) is 11.5 Å². The topological polar surface area (TPSA) is 73.2 Å². The molecule has 0 aliphatic rings. The number of nitrogens with zero attached hydrogens (tertiary/aromatic N) is 2. The predicted octanol–water partition coefficient (Wildman–Crippen LogP) is 4.47. The van der Waals surface area contributed by atoms with Gasteiger partial charge in [0.05, 0.1) is 28.9 Å². The molecule has 0 spiro atoms. The molecule has 2 aromatic carbocycles. The fourth-order valence-corrected chi connectivity index (χ4v) is 4.07. The van der Waals surface area contributed by atoms with Crippen molar-refractivity contribution in [1.82, 2.24) is 9.55 Å². The molecule has 0 saturated carbocycles. The Balaban J connectivity index is 1.54. The Hall–Kier alpha value is -3.45. The predicted molar refractivity (Wildman–Crippen MR) is 120 cm³/mol. The number of carbonyl (C=O) groups is 1. The Bertz CT molecular complexity index is 1280. The molecule has 4 rings (SSSR count). The van der Waals surface area contributed by atoms with Crippen molar-refractivity contribution in [2.75, 3.05) is 11.9 Å². The third-order valence-electron chi connectivity index (χ3n) is 4.57. The van der Waals surface area contributed by atoms with Crippen molar-refractivity contribution in [1.29, 1.82) is 0 Å². The summed E-state index contributed by atoms with van der Waals surface area (Å²) in [6.45, 7) is 4.93. The third kappa shape index (κ3) is 4.41. The zero-order chi connectivity index (χ0) is 21.1. The highest BCUT2D eigenvalue weighted by Gasteiger charge is 2.12. The first-order valence-corrected chi connectivity index (χ1v) is 10.4. The Morgan fingerprint density at radius 3 is 2.83 bits per heavy atom. The van der Waals surface area contributed by atoms with E-state index in [2.05, 4.69) is 10.3 Å². The number of hydrogen-bond donors (Lipinski definition) is 1. The maximum Gasteiger partial charge on any atom is 0.258 e. The van der Waals surface area contributed by atoms with Crippen molar-refractivity contribution in [2.24, 2.45) is 0 Å². The van der Waals surface area contributed by atoms with Crippen LogP contribution in [0.15, 0.2) is 65.6 Å². The molecule has 152 valence electrons. The molecule has 0 aliphatic heterocycles. The number of pyridine rings is 1. The van der Waals surface area contributed by atoms with E-state index < -0.39 is 0 Å². The maximum atomic E-state index is 12.7. The van der Waals surface area contributed by atoms with Gasteiger partial charge < -0.3 is 9.30 Å². The minimum Gasteiger partial charge on any atom is -0.494 e. The summed E-state index contributed by atoms with van der Waals surface area (Å²) in [7, 11) is 0. The fourth-order valence-electron chi connectivity index (χ4n) is 3.18. The second kappa shape index (κ2) is 8.51. The number of anilines is 1. The van der Waals surface area contributed by atoms with Gasteiger partial charge in [0.1, 0.15) is 5.75 Å². The number of amides is 1. The minimum atomic E-state index is -0.308. The highest BCUT2D eigenvalue weighted by Crippen LogP contribution is 2.29. The molecule has 7 heteroatoms. The fraction of sp³-hybridized carbons (Fsp3) is 0.174. The Kier molecular flexibility index (Phi) is 5.63. The second-order valence-electron chi connectivity index (χ2n) is 6.91. The molecular formula is C23H21N3O3S. The monoisotopic (exact) mass is 419 g/mol. The summed E-state index contributed by atoms with van der Waals surface area (Å²) in [5.74, 6) is 0.465. The highest BCUT2D eigenvalue weighted by atomic mass is 32.1. The largest absolute Gasteiger partial charge is 0.494 e. The molecule has 1 N–H and O–H groups in total. The molecule has 0 atom stereocenters. The lowest BCUT2D eigenvalue weighted by molar-refractivity contribution is 0.102. The number of hydrogen-bond acceptors (Lipinski definition) is 5. The van der Waals surface area contributed by atoms with E-state index in [4.69, 9.17) is 4.74 Å². The molecule has 0 fully saturated rings. The van der Waals surface area contributed by atoms with Gasteiger partial charge in [-0.3, -0.25) is 14.9 Å². The van der Waals surface area contributed by atoms with Crippen LogP contribution >= 0.6 is 11.3 Å². The van der Waals surface area contributed by atoms with Crippen LogP contribution in [-0.4, -0.2) is 22.1 Å². The standard InChI is InChI=1S/C23H21N3O3S/c1-3-29-18-8-9-19-20(12-18)30-23(24-19)25-22(28)17-7-10-21(27)26(14-17)13-16-6-4-5-15(2)11-16/h4-12,14H,3,13H2,1-2H3,(H,24,25,28).